The van der Waals surface area contributed by atoms with Gasteiger partial charge in [-0.2, -0.15) is 0 Å². The van der Waals surface area contributed by atoms with Gasteiger partial charge in [-0.1, -0.05) is 12.8 Å². The first-order chi connectivity index (χ1) is 8.58. The summed E-state index contributed by atoms with van der Waals surface area (Å²) < 4.78 is 0. The molecule has 0 spiro atoms. The Labute approximate surface area is 108 Å². The lowest BCUT2D eigenvalue weighted by molar-refractivity contribution is 0.0827. The lowest BCUT2D eigenvalue weighted by atomic mass is 10.1. The normalized spacial score (nSPS) is 14.3. The van der Waals surface area contributed by atoms with E-state index in [4.69, 9.17) is 5.73 Å². The third-order valence-corrected chi connectivity index (χ3v) is 3.27. The molecule has 1 aliphatic carbocycles. The number of amides is 1. The van der Waals surface area contributed by atoms with Crippen molar-refractivity contribution >= 4 is 17.3 Å². The minimum absolute atomic E-state index is 0.000225. The van der Waals surface area contributed by atoms with Gasteiger partial charge in [0.25, 0.3) is 5.91 Å². The van der Waals surface area contributed by atoms with E-state index in [1.165, 1.54) is 19.3 Å². The van der Waals surface area contributed by atoms with Crippen molar-refractivity contribution in [2.75, 3.05) is 31.7 Å². The third kappa shape index (κ3) is 3.15. The largest absolute Gasteiger partial charge is 0.397 e. The molecule has 4 heteroatoms. The van der Waals surface area contributed by atoms with Crippen molar-refractivity contribution in [1.29, 1.82) is 0 Å². The van der Waals surface area contributed by atoms with Crippen LogP contribution in [0.5, 0.6) is 0 Å². The molecule has 4 nitrogen and oxygen atoms in total. The average molecular weight is 247 g/mol. The van der Waals surface area contributed by atoms with E-state index < -0.39 is 0 Å². The molecular formula is C14H21N3O. The molecule has 1 aliphatic rings. The highest BCUT2D eigenvalue weighted by molar-refractivity contribution is 5.95. The van der Waals surface area contributed by atoms with Crippen LogP contribution in [0.3, 0.4) is 0 Å². The maximum atomic E-state index is 11.9. The van der Waals surface area contributed by atoms with E-state index in [1.807, 2.05) is 6.07 Å². The topological polar surface area (TPSA) is 58.4 Å². The van der Waals surface area contributed by atoms with Crippen LogP contribution in [-0.2, 0) is 0 Å². The summed E-state index contributed by atoms with van der Waals surface area (Å²) in [6.07, 6.45) is 3.90. The van der Waals surface area contributed by atoms with Crippen molar-refractivity contribution in [3.63, 3.8) is 0 Å². The van der Waals surface area contributed by atoms with Gasteiger partial charge < -0.3 is 16.0 Å². The van der Waals surface area contributed by atoms with E-state index in [-0.39, 0.29) is 5.91 Å². The molecule has 0 saturated heterocycles. The molecule has 0 heterocycles. The van der Waals surface area contributed by atoms with Crippen LogP contribution in [0.4, 0.5) is 11.4 Å². The van der Waals surface area contributed by atoms with Crippen molar-refractivity contribution in [2.45, 2.75) is 19.3 Å². The molecule has 0 aliphatic heterocycles. The number of nitrogen functional groups attached to an aromatic ring is 1. The van der Waals surface area contributed by atoms with Crippen LogP contribution in [0.15, 0.2) is 18.2 Å². The Morgan fingerprint density at radius 1 is 1.44 bits per heavy atom. The predicted molar refractivity (Wildman–Crippen MR) is 74.7 cm³/mol. The number of benzene rings is 1. The number of nitrogens with zero attached hydrogens (tertiary/aromatic N) is 1. The Hall–Kier alpha value is -1.71. The lowest BCUT2D eigenvalue weighted by Crippen LogP contribution is -2.21. The van der Waals surface area contributed by atoms with Gasteiger partial charge >= 0.3 is 0 Å². The predicted octanol–water partition coefficient (Wildman–Crippen LogP) is 2.18. The molecule has 18 heavy (non-hydrogen) atoms. The minimum atomic E-state index is 0.000225. The quantitative estimate of drug-likeness (QED) is 0.784. The minimum Gasteiger partial charge on any atom is -0.397 e. The van der Waals surface area contributed by atoms with Gasteiger partial charge in [0, 0.05) is 26.2 Å². The third-order valence-electron chi connectivity index (χ3n) is 3.27. The van der Waals surface area contributed by atoms with Gasteiger partial charge in [-0.15, -0.1) is 0 Å². The summed E-state index contributed by atoms with van der Waals surface area (Å²) in [4.78, 5) is 13.4. The van der Waals surface area contributed by atoms with Crippen molar-refractivity contribution < 1.29 is 4.79 Å². The number of rotatable bonds is 5. The number of nitrogens with one attached hydrogen (secondary N) is 1. The zero-order valence-corrected chi connectivity index (χ0v) is 11.1. The number of hydrogen-bond acceptors (Lipinski definition) is 3. The number of carbonyl (C=O) groups excluding carboxylic acids is 1. The SMILES string of the molecule is CN(C)C(=O)c1ccc(N)c(NCCC2CC2)c1. The van der Waals surface area contributed by atoms with Crippen LogP contribution >= 0.6 is 0 Å². The van der Waals surface area contributed by atoms with E-state index in [2.05, 4.69) is 5.32 Å². The summed E-state index contributed by atoms with van der Waals surface area (Å²) in [5.41, 5.74) is 8.14. The van der Waals surface area contributed by atoms with Crippen LogP contribution in [0.2, 0.25) is 0 Å². The van der Waals surface area contributed by atoms with Gasteiger partial charge in [-0.3, -0.25) is 4.79 Å². The van der Waals surface area contributed by atoms with E-state index in [9.17, 15) is 4.79 Å². The summed E-state index contributed by atoms with van der Waals surface area (Å²) in [6.45, 7) is 0.925. The number of nitrogens with two attached hydrogens (primary N) is 1. The summed E-state index contributed by atoms with van der Waals surface area (Å²) in [5, 5.41) is 3.32. The molecule has 0 atom stereocenters. The average Bonchev–Trinajstić information content (AvgIpc) is 3.14. The zero-order valence-electron chi connectivity index (χ0n) is 11.1. The van der Waals surface area contributed by atoms with Crippen molar-refractivity contribution in [1.82, 2.24) is 4.90 Å². The summed E-state index contributed by atoms with van der Waals surface area (Å²) in [5.74, 6) is 0.894. The molecule has 3 N–H and O–H groups in total. The summed E-state index contributed by atoms with van der Waals surface area (Å²) in [6, 6.07) is 5.39. The first-order valence-corrected chi connectivity index (χ1v) is 6.43. The highest BCUT2D eigenvalue weighted by Gasteiger charge is 2.20. The van der Waals surface area contributed by atoms with Crippen molar-refractivity contribution in [3.8, 4) is 0 Å². The second-order valence-corrected chi connectivity index (χ2v) is 5.16. The Kier molecular flexibility index (Phi) is 3.75. The van der Waals surface area contributed by atoms with Gasteiger partial charge in [0.05, 0.1) is 11.4 Å². The Bertz CT molecular complexity index is 439. The van der Waals surface area contributed by atoms with Crippen molar-refractivity contribution in [2.24, 2.45) is 5.92 Å². The van der Waals surface area contributed by atoms with E-state index in [0.717, 1.165) is 18.2 Å². The molecule has 2 rings (SSSR count). The molecule has 1 aromatic carbocycles. The monoisotopic (exact) mass is 247 g/mol. The Morgan fingerprint density at radius 3 is 2.78 bits per heavy atom. The van der Waals surface area contributed by atoms with Gasteiger partial charge in [0.15, 0.2) is 0 Å². The van der Waals surface area contributed by atoms with Gasteiger partial charge in [0.2, 0.25) is 0 Å². The van der Waals surface area contributed by atoms with Gasteiger partial charge in [-0.25, -0.2) is 0 Å². The molecular weight excluding hydrogens is 226 g/mol. The number of carbonyl (C=O) groups is 1. The van der Waals surface area contributed by atoms with E-state index >= 15 is 0 Å². The molecule has 0 radical (unpaired) electrons. The molecule has 1 fully saturated rings. The van der Waals surface area contributed by atoms with E-state index in [1.54, 1.807) is 31.1 Å². The molecule has 98 valence electrons. The molecule has 0 aromatic heterocycles. The van der Waals surface area contributed by atoms with Crippen LogP contribution < -0.4 is 11.1 Å². The van der Waals surface area contributed by atoms with Crippen molar-refractivity contribution in [3.05, 3.63) is 23.8 Å². The maximum Gasteiger partial charge on any atom is 0.253 e. The van der Waals surface area contributed by atoms with Crippen LogP contribution in [0.25, 0.3) is 0 Å². The van der Waals surface area contributed by atoms with Crippen LogP contribution in [0.1, 0.15) is 29.6 Å². The molecule has 1 aromatic rings. The molecule has 0 unspecified atom stereocenters. The Balaban J connectivity index is 2.02. The summed E-state index contributed by atoms with van der Waals surface area (Å²) >= 11 is 0. The molecule has 1 amide bonds. The Morgan fingerprint density at radius 2 is 2.17 bits per heavy atom. The smallest absolute Gasteiger partial charge is 0.253 e. The second kappa shape index (κ2) is 5.29. The number of anilines is 2. The number of hydrogen-bond donors (Lipinski definition) is 2. The zero-order chi connectivity index (χ0) is 13.1. The van der Waals surface area contributed by atoms with Crippen LogP contribution in [0, 0.1) is 5.92 Å². The second-order valence-electron chi connectivity index (χ2n) is 5.16. The fourth-order valence-corrected chi connectivity index (χ4v) is 1.92. The maximum absolute atomic E-state index is 11.9. The van der Waals surface area contributed by atoms with E-state index in [0.29, 0.717) is 11.3 Å². The highest BCUT2D eigenvalue weighted by Crippen LogP contribution is 2.32. The lowest BCUT2D eigenvalue weighted by Gasteiger charge is -2.14. The van der Waals surface area contributed by atoms with Gasteiger partial charge in [-0.05, 0) is 30.5 Å². The highest BCUT2D eigenvalue weighted by atomic mass is 16.2. The standard InChI is InChI=1S/C14H21N3O/c1-17(2)14(18)11-5-6-12(15)13(9-11)16-8-7-10-3-4-10/h5-6,9-10,16H,3-4,7-8,15H2,1-2H3. The fraction of sp³-hybridized carbons (Fsp3) is 0.500. The fourth-order valence-electron chi connectivity index (χ4n) is 1.92. The molecule has 1 saturated carbocycles. The first kappa shape index (κ1) is 12.7. The van der Waals surface area contributed by atoms with Gasteiger partial charge in [0.1, 0.15) is 0 Å². The molecule has 0 bridgehead atoms. The summed E-state index contributed by atoms with van der Waals surface area (Å²) in [7, 11) is 3.50. The first-order valence-electron chi connectivity index (χ1n) is 6.43. The van der Waals surface area contributed by atoms with Crippen LogP contribution in [-0.4, -0.2) is 31.4 Å².